The Morgan fingerprint density at radius 3 is 3.00 bits per heavy atom. The zero-order valence-corrected chi connectivity index (χ0v) is 8.95. The Labute approximate surface area is 86.6 Å². The number of nitrogens with two attached hydrogens (primary N) is 1. The third-order valence-electron chi connectivity index (χ3n) is 3.61. The first kappa shape index (κ1) is 10.4. The molecule has 3 heteroatoms. The highest BCUT2D eigenvalue weighted by Gasteiger charge is 2.31. The SMILES string of the molecule is NCCN1CCOCC2CCCCC21. The lowest BCUT2D eigenvalue weighted by Gasteiger charge is -2.37. The Hall–Kier alpha value is -0.120. The number of rotatable bonds is 2. The van der Waals surface area contributed by atoms with E-state index in [1.54, 1.807) is 0 Å². The molecule has 1 aliphatic carbocycles. The van der Waals surface area contributed by atoms with Crippen molar-refractivity contribution in [1.82, 2.24) is 4.90 Å². The van der Waals surface area contributed by atoms with Gasteiger partial charge in [-0.25, -0.2) is 0 Å². The Morgan fingerprint density at radius 1 is 1.29 bits per heavy atom. The summed E-state index contributed by atoms with van der Waals surface area (Å²) in [6, 6.07) is 0.759. The molecule has 0 aromatic heterocycles. The molecule has 2 atom stereocenters. The van der Waals surface area contributed by atoms with Crippen LogP contribution in [0.25, 0.3) is 0 Å². The van der Waals surface area contributed by atoms with Crippen LogP contribution in [-0.4, -0.2) is 43.8 Å². The second kappa shape index (κ2) is 5.10. The lowest BCUT2D eigenvalue weighted by atomic mass is 9.84. The van der Waals surface area contributed by atoms with Crippen molar-refractivity contribution in [2.75, 3.05) is 32.8 Å². The Kier molecular flexibility index (Phi) is 3.79. The van der Waals surface area contributed by atoms with Crippen LogP contribution in [0.5, 0.6) is 0 Å². The maximum atomic E-state index is 5.66. The zero-order valence-electron chi connectivity index (χ0n) is 8.95. The van der Waals surface area contributed by atoms with Crippen LogP contribution >= 0.6 is 0 Å². The predicted octanol–water partition coefficient (Wildman–Crippen LogP) is 0.836. The molecule has 0 amide bonds. The average molecular weight is 198 g/mol. The van der Waals surface area contributed by atoms with Crippen LogP contribution in [0, 0.1) is 5.92 Å². The molecule has 0 radical (unpaired) electrons. The van der Waals surface area contributed by atoms with Crippen molar-refractivity contribution >= 4 is 0 Å². The molecule has 3 nitrogen and oxygen atoms in total. The molecular weight excluding hydrogens is 176 g/mol. The molecule has 1 saturated heterocycles. The first-order valence-electron chi connectivity index (χ1n) is 5.93. The highest BCUT2D eigenvalue weighted by Crippen LogP contribution is 2.29. The van der Waals surface area contributed by atoms with E-state index in [0.717, 1.165) is 44.8 Å². The van der Waals surface area contributed by atoms with Gasteiger partial charge in [0.25, 0.3) is 0 Å². The lowest BCUT2D eigenvalue weighted by Crippen LogP contribution is -2.44. The minimum absolute atomic E-state index is 0.759. The van der Waals surface area contributed by atoms with E-state index in [0.29, 0.717) is 0 Å². The first-order valence-corrected chi connectivity index (χ1v) is 5.93. The van der Waals surface area contributed by atoms with Gasteiger partial charge in [0.05, 0.1) is 13.2 Å². The summed E-state index contributed by atoms with van der Waals surface area (Å²) < 4.78 is 5.66. The van der Waals surface area contributed by atoms with Crippen molar-refractivity contribution in [1.29, 1.82) is 0 Å². The number of hydrogen-bond acceptors (Lipinski definition) is 3. The molecule has 0 spiro atoms. The third kappa shape index (κ3) is 2.27. The van der Waals surface area contributed by atoms with Crippen molar-refractivity contribution in [2.24, 2.45) is 11.7 Å². The Bertz CT molecular complexity index is 175. The molecule has 1 saturated carbocycles. The number of fused-ring (bicyclic) bond motifs is 1. The predicted molar refractivity (Wildman–Crippen MR) is 57.2 cm³/mol. The molecule has 1 aliphatic heterocycles. The van der Waals surface area contributed by atoms with Crippen LogP contribution in [0.2, 0.25) is 0 Å². The fourth-order valence-electron chi connectivity index (χ4n) is 2.89. The summed E-state index contributed by atoms with van der Waals surface area (Å²) in [6.07, 6.45) is 5.49. The van der Waals surface area contributed by atoms with Gasteiger partial charge in [0.2, 0.25) is 0 Å². The molecule has 82 valence electrons. The Morgan fingerprint density at radius 2 is 2.14 bits per heavy atom. The molecule has 2 fully saturated rings. The number of nitrogens with zero attached hydrogens (tertiary/aromatic N) is 1. The Balaban J connectivity index is 1.99. The van der Waals surface area contributed by atoms with Crippen LogP contribution in [0.3, 0.4) is 0 Å². The molecule has 1 heterocycles. The highest BCUT2D eigenvalue weighted by molar-refractivity contribution is 4.85. The standard InChI is InChI=1S/C11H22N2O/c12-5-6-13-7-8-14-9-10-3-1-2-4-11(10)13/h10-11H,1-9,12H2. The van der Waals surface area contributed by atoms with Gasteiger partial charge in [0.1, 0.15) is 0 Å². The van der Waals surface area contributed by atoms with Crippen molar-refractivity contribution in [3.63, 3.8) is 0 Å². The maximum Gasteiger partial charge on any atom is 0.0593 e. The normalized spacial score (nSPS) is 34.9. The van der Waals surface area contributed by atoms with Crippen LogP contribution in [0.1, 0.15) is 25.7 Å². The van der Waals surface area contributed by atoms with Crippen molar-refractivity contribution in [2.45, 2.75) is 31.7 Å². The third-order valence-corrected chi connectivity index (χ3v) is 3.61. The summed E-state index contributed by atoms with van der Waals surface area (Å²) in [6.45, 7) is 4.78. The zero-order chi connectivity index (χ0) is 9.80. The second-order valence-corrected chi connectivity index (χ2v) is 4.51. The lowest BCUT2D eigenvalue weighted by molar-refractivity contribution is 0.0948. The van der Waals surface area contributed by atoms with Crippen molar-refractivity contribution in [3.8, 4) is 0 Å². The molecule has 2 N–H and O–H groups in total. The fourth-order valence-corrected chi connectivity index (χ4v) is 2.89. The average Bonchev–Trinajstić information content (AvgIpc) is 2.42. The monoisotopic (exact) mass is 198 g/mol. The van der Waals surface area contributed by atoms with E-state index in [-0.39, 0.29) is 0 Å². The van der Waals surface area contributed by atoms with Gasteiger partial charge in [0, 0.05) is 25.7 Å². The quantitative estimate of drug-likeness (QED) is 0.714. The fraction of sp³-hybridized carbons (Fsp3) is 1.00. The smallest absolute Gasteiger partial charge is 0.0593 e. The van der Waals surface area contributed by atoms with Gasteiger partial charge < -0.3 is 10.5 Å². The largest absolute Gasteiger partial charge is 0.380 e. The number of ether oxygens (including phenoxy) is 1. The van der Waals surface area contributed by atoms with Crippen molar-refractivity contribution < 1.29 is 4.74 Å². The minimum atomic E-state index is 0.759. The summed E-state index contributed by atoms with van der Waals surface area (Å²) >= 11 is 0. The minimum Gasteiger partial charge on any atom is -0.380 e. The first-order chi connectivity index (χ1) is 6.92. The molecule has 0 aromatic carbocycles. The molecule has 2 unspecified atom stereocenters. The molecule has 0 bridgehead atoms. The van der Waals surface area contributed by atoms with E-state index in [4.69, 9.17) is 10.5 Å². The molecule has 0 aromatic rings. The van der Waals surface area contributed by atoms with Gasteiger partial charge >= 0.3 is 0 Å². The summed E-state index contributed by atoms with van der Waals surface area (Å²) in [7, 11) is 0. The highest BCUT2D eigenvalue weighted by atomic mass is 16.5. The van der Waals surface area contributed by atoms with Gasteiger partial charge in [-0.2, -0.15) is 0 Å². The van der Waals surface area contributed by atoms with E-state index in [1.165, 1.54) is 25.7 Å². The second-order valence-electron chi connectivity index (χ2n) is 4.51. The maximum absolute atomic E-state index is 5.66. The topological polar surface area (TPSA) is 38.5 Å². The van der Waals surface area contributed by atoms with Crippen molar-refractivity contribution in [3.05, 3.63) is 0 Å². The summed E-state index contributed by atoms with van der Waals surface area (Å²) in [4.78, 5) is 2.55. The van der Waals surface area contributed by atoms with E-state index < -0.39 is 0 Å². The van der Waals surface area contributed by atoms with E-state index in [1.807, 2.05) is 0 Å². The van der Waals surface area contributed by atoms with Gasteiger partial charge in [-0.3, -0.25) is 4.90 Å². The van der Waals surface area contributed by atoms with Gasteiger partial charge in [-0.05, 0) is 18.8 Å². The van der Waals surface area contributed by atoms with Crippen LogP contribution < -0.4 is 5.73 Å². The summed E-state index contributed by atoms with van der Waals surface area (Å²) in [5.41, 5.74) is 5.65. The van der Waals surface area contributed by atoms with Crippen LogP contribution in [0.15, 0.2) is 0 Å². The van der Waals surface area contributed by atoms with Gasteiger partial charge in [0.15, 0.2) is 0 Å². The van der Waals surface area contributed by atoms with Crippen LogP contribution in [-0.2, 0) is 4.74 Å². The van der Waals surface area contributed by atoms with Gasteiger partial charge in [-0.15, -0.1) is 0 Å². The molecular formula is C11H22N2O. The molecule has 2 rings (SSSR count). The van der Waals surface area contributed by atoms with Crippen LogP contribution in [0.4, 0.5) is 0 Å². The van der Waals surface area contributed by atoms with E-state index >= 15 is 0 Å². The molecule has 14 heavy (non-hydrogen) atoms. The molecule has 2 aliphatic rings. The van der Waals surface area contributed by atoms with Gasteiger partial charge in [-0.1, -0.05) is 12.8 Å². The summed E-state index contributed by atoms with van der Waals surface area (Å²) in [5.74, 6) is 0.776. The van der Waals surface area contributed by atoms with E-state index in [9.17, 15) is 0 Å². The number of hydrogen-bond donors (Lipinski definition) is 1. The van der Waals surface area contributed by atoms with E-state index in [2.05, 4.69) is 4.90 Å². The summed E-state index contributed by atoms with van der Waals surface area (Å²) in [5, 5.41) is 0.